The van der Waals surface area contributed by atoms with Crippen LogP contribution in [0.15, 0.2) is 18.3 Å². The Morgan fingerprint density at radius 2 is 2.30 bits per heavy atom. The van der Waals surface area contributed by atoms with Gasteiger partial charge in [0, 0.05) is 6.20 Å². The molecule has 1 aromatic heterocycles. The Hall–Kier alpha value is -0.675. The maximum atomic E-state index is 5.36. The number of nitrogen functional groups attached to an aromatic ring is 1. The molecule has 0 saturated carbocycles. The minimum Gasteiger partial charge on any atom is -0.384 e. The second kappa shape index (κ2) is 3.48. The SMILES string of the molecule is NS[B]c1ccc(N)nc1. The molecule has 1 aromatic rings. The van der Waals surface area contributed by atoms with Crippen LogP contribution in [0.4, 0.5) is 5.82 Å². The van der Waals surface area contributed by atoms with Crippen molar-refractivity contribution in [3.8, 4) is 0 Å². The molecule has 3 nitrogen and oxygen atoms in total. The fraction of sp³-hybridized carbons (Fsp3) is 0. The predicted octanol–water partition coefficient (Wildman–Crippen LogP) is -0.485. The molecule has 5 heteroatoms. The van der Waals surface area contributed by atoms with Crippen LogP contribution in [-0.2, 0) is 0 Å². The minimum absolute atomic E-state index is 0.527. The van der Waals surface area contributed by atoms with Gasteiger partial charge in [0.25, 0.3) is 6.56 Å². The summed E-state index contributed by atoms with van der Waals surface area (Å²) in [5, 5.41) is 5.20. The maximum Gasteiger partial charge on any atom is 0.252 e. The highest BCUT2D eigenvalue weighted by Crippen LogP contribution is 1.91. The number of hydrogen-bond acceptors (Lipinski definition) is 4. The van der Waals surface area contributed by atoms with Gasteiger partial charge in [0.15, 0.2) is 0 Å². The van der Waals surface area contributed by atoms with Gasteiger partial charge in [0.1, 0.15) is 5.82 Å². The van der Waals surface area contributed by atoms with Gasteiger partial charge in [-0.25, -0.2) is 4.98 Å². The lowest BCUT2D eigenvalue weighted by atomic mass is 9.97. The normalized spacial score (nSPS) is 9.30. The number of pyridine rings is 1. The molecular formula is C5H7BN3S. The summed E-state index contributed by atoms with van der Waals surface area (Å²) in [5.74, 6) is 0.527. The van der Waals surface area contributed by atoms with Crippen molar-refractivity contribution in [1.82, 2.24) is 4.98 Å². The van der Waals surface area contributed by atoms with Crippen LogP contribution in [0.25, 0.3) is 0 Å². The third-order valence-corrected chi connectivity index (χ3v) is 1.42. The van der Waals surface area contributed by atoms with E-state index >= 15 is 0 Å². The van der Waals surface area contributed by atoms with Gasteiger partial charge in [-0.2, -0.15) is 0 Å². The number of nitrogens with zero attached hydrogens (tertiary/aromatic N) is 1. The van der Waals surface area contributed by atoms with Gasteiger partial charge in [-0.1, -0.05) is 11.5 Å². The van der Waals surface area contributed by atoms with Crippen molar-refractivity contribution < 1.29 is 0 Å². The predicted molar refractivity (Wildman–Crippen MR) is 45.8 cm³/mol. The summed E-state index contributed by atoms with van der Waals surface area (Å²) in [5.41, 5.74) is 6.33. The number of rotatable bonds is 2. The van der Waals surface area contributed by atoms with Gasteiger partial charge in [-0.3, -0.25) is 5.14 Å². The van der Waals surface area contributed by atoms with Crippen molar-refractivity contribution in [1.29, 1.82) is 0 Å². The summed E-state index contributed by atoms with van der Waals surface area (Å²) >= 11 is 1.15. The van der Waals surface area contributed by atoms with E-state index in [1.807, 2.05) is 6.07 Å². The van der Waals surface area contributed by atoms with Crippen LogP contribution in [0.3, 0.4) is 0 Å². The molecule has 0 fully saturated rings. The van der Waals surface area contributed by atoms with Crippen LogP contribution >= 0.6 is 11.8 Å². The Kier molecular flexibility index (Phi) is 2.59. The lowest BCUT2D eigenvalue weighted by Crippen LogP contribution is -2.13. The van der Waals surface area contributed by atoms with Gasteiger partial charge >= 0.3 is 0 Å². The van der Waals surface area contributed by atoms with Crippen molar-refractivity contribution in [2.24, 2.45) is 5.14 Å². The highest BCUT2D eigenvalue weighted by Gasteiger charge is 1.92. The first-order valence-electron chi connectivity index (χ1n) is 2.73. The molecule has 1 radical (unpaired) electrons. The van der Waals surface area contributed by atoms with E-state index in [1.165, 1.54) is 0 Å². The van der Waals surface area contributed by atoms with E-state index in [2.05, 4.69) is 4.98 Å². The molecule has 0 aromatic carbocycles. The monoisotopic (exact) mass is 152 g/mol. The fourth-order valence-electron chi connectivity index (χ4n) is 0.565. The molecule has 0 atom stereocenters. The van der Waals surface area contributed by atoms with E-state index in [9.17, 15) is 0 Å². The van der Waals surface area contributed by atoms with E-state index in [0.717, 1.165) is 17.3 Å². The van der Waals surface area contributed by atoms with Crippen molar-refractivity contribution in [3.63, 3.8) is 0 Å². The second-order valence-electron chi connectivity index (χ2n) is 1.77. The zero-order chi connectivity index (χ0) is 7.40. The standard InChI is InChI=1S/C5H7BN3S/c7-5-2-1-4(3-9-5)6-10-8/h1-3H,8H2,(H2,7,9). The molecule has 0 saturated heterocycles. The summed E-state index contributed by atoms with van der Waals surface area (Å²) in [6.07, 6.45) is 1.68. The third-order valence-electron chi connectivity index (χ3n) is 1.01. The second-order valence-corrected chi connectivity index (χ2v) is 2.28. The smallest absolute Gasteiger partial charge is 0.252 e. The Morgan fingerprint density at radius 1 is 1.50 bits per heavy atom. The average Bonchev–Trinajstić information content (AvgIpc) is 1.95. The Bertz CT molecular complexity index is 201. The van der Waals surface area contributed by atoms with Crippen LogP contribution in [0.5, 0.6) is 0 Å². The van der Waals surface area contributed by atoms with E-state index in [-0.39, 0.29) is 0 Å². The first-order valence-corrected chi connectivity index (χ1v) is 3.67. The molecular weight excluding hydrogens is 145 g/mol. The van der Waals surface area contributed by atoms with Gasteiger partial charge in [0.2, 0.25) is 0 Å². The van der Waals surface area contributed by atoms with Crippen LogP contribution in [-0.4, -0.2) is 11.5 Å². The molecule has 1 heterocycles. The Balaban J connectivity index is 2.69. The summed E-state index contributed by atoms with van der Waals surface area (Å²) in [4.78, 5) is 3.88. The number of anilines is 1. The molecule has 51 valence electrons. The number of hydrogen-bond donors (Lipinski definition) is 2. The van der Waals surface area contributed by atoms with Gasteiger partial charge in [-0.15, -0.1) is 11.8 Å². The van der Waals surface area contributed by atoms with E-state index < -0.39 is 0 Å². The third kappa shape index (κ3) is 1.93. The van der Waals surface area contributed by atoms with Crippen molar-refractivity contribution in [2.75, 3.05) is 5.73 Å². The van der Waals surface area contributed by atoms with Gasteiger partial charge in [-0.05, 0) is 6.07 Å². The summed E-state index contributed by atoms with van der Waals surface area (Å²) in [7, 11) is 0. The molecule has 0 spiro atoms. The maximum absolute atomic E-state index is 5.36. The molecule has 0 amide bonds. The van der Waals surface area contributed by atoms with Crippen molar-refractivity contribution in [2.45, 2.75) is 0 Å². The summed E-state index contributed by atoms with van der Waals surface area (Å²) < 4.78 is 0. The van der Waals surface area contributed by atoms with Crippen molar-refractivity contribution >= 4 is 29.6 Å². The number of aromatic nitrogens is 1. The van der Waals surface area contributed by atoms with E-state index in [4.69, 9.17) is 10.9 Å². The topological polar surface area (TPSA) is 64.9 Å². The molecule has 0 aliphatic carbocycles. The molecule has 1 rings (SSSR count). The molecule has 0 unspecified atom stereocenters. The zero-order valence-electron chi connectivity index (χ0n) is 5.32. The van der Waals surface area contributed by atoms with E-state index in [0.29, 0.717) is 5.82 Å². The molecule has 10 heavy (non-hydrogen) atoms. The fourth-order valence-corrected chi connectivity index (χ4v) is 0.862. The zero-order valence-corrected chi connectivity index (χ0v) is 6.14. The van der Waals surface area contributed by atoms with Crippen LogP contribution in [0.2, 0.25) is 0 Å². The highest BCUT2D eigenvalue weighted by molar-refractivity contribution is 8.21. The molecule has 4 N–H and O–H groups in total. The highest BCUT2D eigenvalue weighted by atomic mass is 32.2. The Morgan fingerprint density at radius 3 is 2.80 bits per heavy atom. The quantitative estimate of drug-likeness (QED) is 0.443. The first-order chi connectivity index (χ1) is 4.83. The summed E-state index contributed by atoms with van der Waals surface area (Å²) in [6.45, 7) is 1.80. The van der Waals surface area contributed by atoms with Crippen LogP contribution in [0.1, 0.15) is 0 Å². The molecule has 0 bridgehead atoms. The average molecular weight is 152 g/mol. The largest absolute Gasteiger partial charge is 0.384 e. The summed E-state index contributed by atoms with van der Waals surface area (Å²) in [6, 6.07) is 3.60. The lowest BCUT2D eigenvalue weighted by Gasteiger charge is -1.94. The van der Waals surface area contributed by atoms with Gasteiger partial charge in [0.05, 0.1) is 0 Å². The van der Waals surface area contributed by atoms with E-state index in [1.54, 1.807) is 18.8 Å². The van der Waals surface area contributed by atoms with Gasteiger partial charge < -0.3 is 5.73 Å². The minimum atomic E-state index is 0.527. The number of nitrogens with two attached hydrogens (primary N) is 2. The Labute approximate surface area is 64.5 Å². The van der Waals surface area contributed by atoms with Crippen LogP contribution in [0, 0.1) is 0 Å². The lowest BCUT2D eigenvalue weighted by molar-refractivity contribution is 1.36. The van der Waals surface area contributed by atoms with Crippen molar-refractivity contribution in [3.05, 3.63) is 18.3 Å². The first kappa shape index (κ1) is 7.43. The molecule has 0 aliphatic rings. The van der Waals surface area contributed by atoms with Crippen LogP contribution < -0.4 is 16.3 Å². The molecule has 0 aliphatic heterocycles.